The van der Waals surface area contributed by atoms with E-state index in [1.807, 2.05) is 43.7 Å². The lowest BCUT2D eigenvalue weighted by Gasteiger charge is -2.21. The van der Waals surface area contributed by atoms with Crippen molar-refractivity contribution in [1.29, 1.82) is 0 Å². The maximum absolute atomic E-state index is 13.3. The van der Waals surface area contributed by atoms with Gasteiger partial charge in [-0.2, -0.15) is 9.40 Å². The number of aliphatic carboxylic acids is 1. The summed E-state index contributed by atoms with van der Waals surface area (Å²) in [6, 6.07) is 11.8. The van der Waals surface area contributed by atoms with Gasteiger partial charge < -0.3 is 9.84 Å². The van der Waals surface area contributed by atoms with Gasteiger partial charge in [-0.05, 0) is 63.1 Å². The lowest BCUT2D eigenvalue weighted by atomic mass is 10.1. The zero-order valence-corrected chi connectivity index (χ0v) is 19.2. The molecule has 0 amide bonds. The fraction of sp³-hybridized carbons (Fsp3) is 0.391. The SMILES string of the molecule is CCOc1ccc(S(=O)(=O)N2C[C@H](n3nc(CC(=O)O)c4ccc(C)cc43)C[C@@H]2C)cc1. The predicted octanol–water partition coefficient (Wildman–Crippen LogP) is 3.39. The molecule has 8 nitrogen and oxygen atoms in total. The second-order valence-electron chi connectivity index (χ2n) is 8.20. The van der Waals surface area contributed by atoms with E-state index in [0.717, 1.165) is 16.5 Å². The highest BCUT2D eigenvalue weighted by Gasteiger charge is 2.39. The molecule has 1 fully saturated rings. The van der Waals surface area contributed by atoms with E-state index in [-0.39, 0.29) is 29.9 Å². The molecule has 2 heterocycles. The number of carbonyl (C=O) groups is 1. The minimum Gasteiger partial charge on any atom is -0.494 e. The highest BCUT2D eigenvalue weighted by Crippen LogP contribution is 2.35. The van der Waals surface area contributed by atoms with Crippen molar-refractivity contribution in [3.63, 3.8) is 0 Å². The fourth-order valence-electron chi connectivity index (χ4n) is 4.36. The Hall–Kier alpha value is -2.91. The number of carboxylic acid groups (broad SMARTS) is 1. The standard InChI is InChI=1S/C23H27N3O5S/c1-4-31-18-6-8-19(9-7-18)32(29,30)25-14-17(12-16(25)3)26-22-11-15(2)5-10-20(22)21(24-26)13-23(27)28/h5-11,16-17H,4,12-14H2,1-3H3,(H,27,28)/t16-,17+/m0/s1. The first-order chi connectivity index (χ1) is 15.2. The van der Waals surface area contributed by atoms with Crippen molar-refractivity contribution in [2.45, 2.75) is 50.6 Å². The molecule has 170 valence electrons. The average Bonchev–Trinajstić information content (AvgIpc) is 3.29. The van der Waals surface area contributed by atoms with Crippen LogP contribution in [0.5, 0.6) is 5.75 Å². The predicted molar refractivity (Wildman–Crippen MR) is 120 cm³/mol. The van der Waals surface area contributed by atoms with E-state index in [0.29, 0.717) is 24.5 Å². The number of aryl methyl sites for hydroxylation is 1. The summed E-state index contributed by atoms with van der Waals surface area (Å²) in [5.74, 6) is -0.320. The number of hydrogen-bond donors (Lipinski definition) is 1. The summed E-state index contributed by atoms with van der Waals surface area (Å²) in [5.41, 5.74) is 2.36. The summed E-state index contributed by atoms with van der Waals surface area (Å²) in [6.45, 7) is 6.51. The molecular weight excluding hydrogens is 430 g/mol. The van der Waals surface area contributed by atoms with Crippen LogP contribution in [-0.4, -0.2) is 52.8 Å². The van der Waals surface area contributed by atoms with Crippen LogP contribution < -0.4 is 4.74 Å². The molecule has 1 aromatic heterocycles. The van der Waals surface area contributed by atoms with Crippen molar-refractivity contribution in [2.75, 3.05) is 13.2 Å². The van der Waals surface area contributed by atoms with Gasteiger partial charge in [0.05, 0.1) is 35.2 Å². The van der Waals surface area contributed by atoms with Crippen molar-refractivity contribution in [3.8, 4) is 5.75 Å². The van der Waals surface area contributed by atoms with Crippen molar-refractivity contribution in [3.05, 3.63) is 53.7 Å². The molecule has 0 saturated carbocycles. The van der Waals surface area contributed by atoms with Crippen LogP contribution in [0, 0.1) is 6.92 Å². The van der Waals surface area contributed by atoms with Gasteiger partial charge in [-0.15, -0.1) is 0 Å². The Morgan fingerprint density at radius 3 is 2.59 bits per heavy atom. The Morgan fingerprint density at radius 2 is 1.94 bits per heavy atom. The van der Waals surface area contributed by atoms with Crippen LogP contribution in [0.4, 0.5) is 0 Å². The molecule has 0 bridgehead atoms. The van der Waals surface area contributed by atoms with Gasteiger partial charge in [0.15, 0.2) is 0 Å². The van der Waals surface area contributed by atoms with Gasteiger partial charge >= 0.3 is 5.97 Å². The first kappa shape index (κ1) is 22.3. The van der Waals surface area contributed by atoms with Crippen molar-refractivity contribution in [2.24, 2.45) is 0 Å². The van der Waals surface area contributed by atoms with Crippen LogP contribution in [0.2, 0.25) is 0 Å². The molecular formula is C23H27N3O5S. The smallest absolute Gasteiger partial charge is 0.309 e. The van der Waals surface area contributed by atoms with Gasteiger partial charge in [-0.25, -0.2) is 8.42 Å². The van der Waals surface area contributed by atoms with E-state index in [9.17, 15) is 18.3 Å². The van der Waals surface area contributed by atoms with E-state index >= 15 is 0 Å². The number of rotatable bonds is 7. The second kappa shape index (κ2) is 8.55. The number of carboxylic acids is 1. The van der Waals surface area contributed by atoms with Gasteiger partial charge in [0, 0.05) is 18.0 Å². The zero-order chi connectivity index (χ0) is 23.0. The van der Waals surface area contributed by atoms with Crippen LogP contribution in [0.1, 0.15) is 37.6 Å². The van der Waals surface area contributed by atoms with Crippen LogP contribution in [0.25, 0.3) is 10.9 Å². The number of fused-ring (bicyclic) bond motifs is 1. The third-order valence-electron chi connectivity index (χ3n) is 5.84. The summed E-state index contributed by atoms with van der Waals surface area (Å²) in [7, 11) is -3.69. The van der Waals surface area contributed by atoms with E-state index in [4.69, 9.17) is 4.74 Å². The van der Waals surface area contributed by atoms with Crippen LogP contribution in [0.3, 0.4) is 0 Å². The molecule has 1 N–H and O–H groups in total. The molecule has 1 aliphatic rings. The monoisotopic (exact) mass is 457 g/mol. The van der Waals surface area contributed by atoms with Crippen LogP contribution >= 0.6 is 0 Å². The number of ether oxygens (including phenoxy) is 1. The largest absolute Gasteiger partial charge is 0.494 e. The van der Waals surface area contributed by atoms with E-state index in [1.165, 1.54) is 4.31 Å². The molecule has 2 aromatic carbocycles. The van der Waals surface area contributed by atoms with Gasteiger partial charge in [-0.3, -0.25) is 9.48 Å². The average molecular weight is 458 g/mol. The highest BCUT2D eigenvalue weighted by molar-refractivity contribution is 7.89. The Balaban J connectivity index is 1.66. The van der Waals surface area contributed by atoms with Crippen molar-refractivity contribution >= 4 is 26.9 Å². The Labute approximate surface area is 187 Å². The fourth-order valence-corrected chi connectivity index (χ4v) is 6.04. The molecule has 3 aromatic rings. The third kappa shape index (κ3) is 4.10. The van der Waals surface area contributed by atoms with Gasteiger partial charge in [0.2, 0.25) is 10.0 Å². The lowest BCUT2D eigenvalue weighted by Crippen LogP contribution is -2.34. The van der Waals surface area contributed by atoms with E-state index in [1.54, 1.807) is 24.3 Å². The molecule has 4 rings (SSSR count). The van der Waals surface area contributed by atoms with Gasteiger partial charge in [0.25, 0.3) is 0 Å². The number of aromatic nitrogens is 2. The summed E-state index contributed by atoms with van der Waals surface area (Å²) in [4.78, 5) is 11.5. The van der Waals surface area contributed by atoms with Crippen LogP contribution in [0.15, 0.2) is 47.4 Å². The Morgan fingerprint density at radius 1 is 1.22 bits per heavy atom. The molecule has 9 heteroatoms. The lowest BCUT2D eigenvalue weighted by molar-refractivity contribution is -0.136. The molecule has 0 aliphatic carbocycles. The maximum Gasteiger partial charge on any atom is 0.309 e. The number of nitrogens with zero attached hydrogens (tertiary/aromatic N) is 3. The number of hydrogen-bond acceptors (Lipinski definition) is 5. The van der Waals surface area contributed by atoms with Gasteiger partial charge in [-0.1, -0.05) is 12.1 Å². The number of sulfonamides is 1. The summed E-state index contributed by atoms with van der Waals surface area (Å²) in [6.07, 6.45) is 0.413. The second-order valence-corrected chi connectivity index (χ2v) is 10.1. The van der Waals surface area contributed by atoms with Crippen molar-refractivity contribution in [1.82, 2.24) is 14.1 Å². The minimum absolute atomic E-state index is 0.178. The summed E-state index contributed by atoms with van der Waals surface area (Å²) < 4.78 is 35.4. The molecule has 1 aliphatic heterocycles. The Kier molecular flexibility index (Phi) is 5.96. The molecule has 0 unspecified atom stereocenters. The molecule has 2 atom stereocenters. The quantitative estimate of drug-likeness (QED) is 0.584. The van der Waals surface area contributed by atoms with Crippen LogP contribution in [-0.2, 0) is 21.2 Å². The zero-order valence-electron chi connectivity index (χ0n) is 18.4. The van der Waals surface area contributed by atoms with E-state index in [2.05, 4.69) is 5.10 Å². The maximum atomic E-state index is 13.3. The topological polar surface area (TPSA) is 102 Å². The Bertz CT molecular complexity index is 1250. The summed E-state index contributed by atoms with van der Waals surface area (Å²) in [5, 5.41) is 14.7. The first-order valence-electron chi connectivity index (χ1n) is 10.6. The number of benzene rings is 2. The third-order valence-corrected chi connectivity index (χ3v) is 7.84. The highest BCUT2D eigenvalue weighted by atomic mass is 32.2. The molecule has 0 spiro atoms. The summed E-state index contributed by atoms with van der Waals surface area (Å²) >= 11 is 0. The first-order valence-corrected chi connectivity index (χ1v) is 12.1. The molecule has 0 radical (unpaired) electrons. The van der Waals surface area contributed by atoms with Crippen molar-refractivity contribution < 1.29 is 23.1 Å². The normalized spacial score (nSPS) is 19.5. The van der Waals surface area contributed by atoms with E-state index < -0.39 is 16.0 Å². The molecule has 32 heavy (non-hydrogen) atoms. The molecule has 1 saturated heterocycles. The minimum atomic E-state index is -3.69. The van der Waals surface area contributed by atoms with Gasteiger partial charge in [0.1, 0.15) is 5.75 Å².